The van der Waals surface area contributed by atoms with Gasteiger partial charge < -0.3 is 18.6 Å². The summed E-state index contributed by atoms with van der Waals surface area (Å²) in [5, 5.41) is -0.129. The van der Waals surface area contributed by atoms with Crippen molar-refractivity contribution >= 4 is 20.1 Å². The van der Waals surface area contributed by atoms with E-state index in [0.717, 1.165) is 0 Å². The minimum atomic E-state index is -2.34. The molecule has 1 atom stereocenters. The van der Waals surface area contributed by atoms with E-state index in [-0.39, 0.29) is 11.8 Å². The second-order valence-corrected chi connectivity index (χ2v) is 14.0. The molecule has 1 aliphatic rings. The molecule has 1 unspecified atom stereocenters. The molecule has 6 nitrogen and oxygen atoms in total. The Hall–Kier alpha value is -1.86. The Balaban J connectivity index is 2.39. The molecule has 0 radical (unpaired) electrons. The van der Waals surface area contributed by atoms with E-state index in [0.29, 0.717) is 17.1 Å². The van der Waals surface area contributed by atoms with Crippen LogP contribution in [0.2, 0.25) is 18.1 Å². The second-order valence-electron chi connectivity index (χ2n) is 9.24. The van der Waals surface area contributed by atoms with Crippen molar-refractivity contribution < 1.29 is 28.2 Å². The normalized spacial score (nSPS) is 15.4. The minimum Gasteiger partial charge on any atom is -0.454 e. The molecular weight excluding hydrogens is 364 g/mol. The fourth-order valence-electron chi connectivity index (χ4n) is 2.26. The number of esters is 1. The van der Waals surface area contributed by atoms with Gasteiger partial charge in [-0.1, -0.05) is 26.8 Å². The number of hydrogen-bond donors (Lipinski definition) is 0. The Morgan fingerprint density at radius 2 is 1.63 bits per heavy atom. The van der Waals surface area contributed by atoms with Crippen molar-refractivity contribution in [2.45, 2.75) is 71.4 Å². The van der Waals surface area contributed by atoms with Gasteiger partial charge >= 0.3 is 5.97 Å². The zero-order valence-electron chi connectivity index (χ0n) is 17.5. The number of rotatable bonds is 5. The molecule has 0 fully saturated rings. The summed E-state index contributed by atoms with van der Waals surface area (Å²) in [6, 6.07) is 5.15. The van der Waals surface area contributed by atoms with Gasteiger partial charge in [0.25, 0.3) is 5.78 Å². The number of hydrogen-bond acceptors (Lipinski definition) is 6. The number of ketones is 1. The van der Waals surface area contributed by atoms with Crippen LogP contribution in [-0.4, -0.2) is 32.5 Å². The van der Waals surface area contributed by atoms with Gasteiger partial charge in [0.1, 0.15) is 11.7 Å². The molecule has 2 rings (SSSR count). The summed E-state index contributed by atoms with van der Waals surface area (Å²) in [5.74, 6) is -0.472. The van der Waals surface area contributed by atoms with Gasteiger partial charge in [-0.3, -0.25) is 4.79 Å². The molecule has 0 spiro atoms. The SMILES string of the molecule is CC(C)(C)OC(=O)C(=O)C(O[Si](C)(C)C(C)(C)C)c1ccc2c(c1)OCO2. The van der Waals surface area contributed by atoms with Crippen molar-refractivity contribution in [3.63, 3.8) is 0 Å². The maximum Gasteiger partial charge on any atom is 0.378 e. The Labute approximate surface area is 162 Å². The van der Waals surface area contributed by atoms with Crippen molar-refractivity contribution in [3.8, 4) is 11.5 Å². The maximum absolute atomic E-state index is 13.0. The van der Waals surface area contributed by atoms with Gasteiger partial charge in [0.05, 0.1) is 0 Å². The van der Waals surface area contributed by atoms with Crippen molar-refractivity contribution in [2.24, 2.45) is 0 Å². The minimum absolute atomic E-state index is 0.129. The summed E-state index contributed by atoms with van der Waals surface area (Å²) in [7, 11) is -2.34. The molecule has 0 saturated heterocycles. The molecule has 0 bridgehead atoms. The number of ether oxygens (including phenoxy) is 3. The summed E-state index contributed by atoms with van der Waals surface area (Å²) in [6.45, 7) is 15.6. The molecule has 1 aromatic carbocycles. The summed E-state index contributed by atoms with van der Waals surface area (Å²) >= 11 is 0. The highest BCUT2D eigenvalue weighted by Gasteiger charge is 2.43. The number of carbonyl (C=O) groups excluding carboxylic acids is 2. The number of fused-ring (bicyclic) bond motifs is 1. The van der Waals surface area contributed by atoms with Crippen LogP contribution in [0.15, 0.2) is 18.2 Å². The van der Waals surface area contributed by atoms with Gasteiger partial charge in [0, 0.05) is 0 Å². The Morgan fingerprint density at radius 3 is 2.19 bits per heavy atom. The molecule has 0 aliphatic carbocycles. The predicted octanol–water partition coefficient (Wildman–Crippen LogP) is 4.39. The van der Waals surface area contributed by atoms with E-state index in [2.05, 4.69) is 20.8 Å². The van der Waals surface area contributed by atoms with Crippen molar-refractivity contribution in [1.29, 1.82) is 0 Å². The lowest BCUT2D eigenvalue weighted by Crippen LogP contribution is -2.44. The molecular formula is C20H30O6Si. The van der Waals surface area contributed by atoms with Crippen molar-refractivity contribution in [3.05, 3.63) is 23.8 Å². The van der Waals surface area contributed by atoms with Gasteiger partial charge in [0.15, 0.2) is 19.8 Å². The summed E-state index contributed by atoms with van der Waals surface area (Å²) in [5.41, 5.74) is -0.205. The average Bonchev–Trinajstić information content (AvgIpc) is 2.96. The van der Waals surface area contributed by atoms with Crippen LogP contribution in [0.3, 0.4) is 0 Å². The molecule has 1 aliphatic heterocycles. The predicted molar refractivity (Wildman–Crippen MR) is 104 cm³/mol. The number of benzene rings is 1. The first-order valence-corrected chi connectivity index (χ1v) is 12.0. The molecule has 0 aromatic heterocycles. The van der Waals surface area contributed by atoms with E-state index in [9.17, 15) is 9.59 Å². The zero-order chi connectivity index (χ0) is 20.6. The van der Waals surface area contributed by atoms with Crippen LogP contribution in [0.1, 0.15) is 53.2 Å². The molecule has 1 heterocycles. The quantitative estimate of drug-likeness (QED) is 0.419. The van der Waals surface area contributed by atoms with Crippen LogP contribution in [0, 0.1) is 0 Å². The van der Waals surface area contributed by atoms with Crippen LogP contribution in [-0.2, 0) is 18.8 Å². The largest absolute Gasteiger partial charge is 0.454 e. The highest BCUT2D eigenvalue weighted by atomic mass is 28.4. The van der Waals surface area contributed by atoms with E-state index >= 15 is 0 Å². The fourth-order valence-corrected chi connectivity index (χ4v) is 3.44. The molecule has 27 heavy (non-hydrogen) atoms. The third-order valence-corrected chi connectivity index (χ3v) is 9.19. The summed E-state index contributed by atoms with van der Waals surface area (Å²) < 4.78 is 22.4. The topological polar surface area (TPSA) is 71.1 Å². The van der Waals surface area contributed by atoms with Gasteiger partial charge in [-0.05, 0) is 56.6 Å². The van der Waals surface area contributed by atoms with E-state index in [1.54, 1.807) is 39.0 Å². The Bertz CT molecular complexity index is 727. The van der Waals surface area contributed by atoms with E-state index in [1.807, 2.05) is 13.1 Å². The third-order valence-electron chi connectivity index (χ3n) is 4.76. The van der Waals surface area contributed by atoms with E-state index in [4.69, 9.17) is 18.6 Å². The van der Waals surface area contributed by atoms with Crippen LogP contribution >= 0.6 is 0 Å². The Kier molecular flexibility index (Phi) is 5.78. The first-order valence-electron chi connectivity index (χ1n) is 9.06. The monoisotopic (exact) mass is 394 g/mol. The van der Waals surface area contributed by atoms with Gasteiger partial charge in [0.2, 0.25) is 6.79 Å². The molecule has 0 amide bonds. The number of carbonyl (C=O) groups is 2. The molecule has 0 N–H and O–H groups in total. The standard InChI is InChI=1S/C20H30O6Si/c1-19(2,3)25-18(22)16(21)17(26-27(7,8)20(4,5)6)13-9-10-14-15(11-13)24-12-23-14/h9-11,17H,12H2,1-8H3. The highest BCUT2D eigenvalue weighted by molar-refractivity contribution is 6.74. The van der Waals surface area contributed by atoms with Crippen molar-refractivity contribution in [2.75, 3.05) is 6.79 Å². The first-order chi connectivity index (χ1) is 12.2. The third kappa shape index (κ3) is 5.10. The fraction of sp³-hybridized carbons (Fsp3) is 0.600. The lowest BCUT2D eigenvalue weighted by atomic mass is 10.0. The second kappa shape index (κ2) is 7.28. The molecule has 7 heteroatoms. The number of Topliss-reactive ketones (excluding diaryl/α,β-unsaturated/α-hetero) is 1. The molecule has 150 valence electrons. The highest BCUT2D eigenvalue weighted by Crippen LogP contribution is 2.42. The lowest BCUT2D eigenvalue weighted by Gasteiger charge is -2.38. The van der Waals surface area contributed by atoms with Crippen LogP contribution < -0.4 is 9.47 Å². The van der Waals surface area contributed by atoms with Crippen LogP contribution in [0.5, 0.6) is 11.5 Å². The van der Waals surface area contributed by atoms with Crippen molar-refractivity contribution in [1.82, 2.24) is 0 Å². The van der Waals surface area contributed by atoms with E-state index < -0.39 is 31.8 Å². The van der Waals surface area contributed by atoms with E-state index in [1.165, 1.54) is 0 Å². The first kappa shape index (κ1) is 21.4. The summed E-state index contributed by atoms with van der Waals surface area (Å²) in [4.78, 5) is 25.4. The average molecular weight is 395 g/mol. The smallest absolute Gasteiger partial charge is 0.378 e. The lowest BCUT2D eigenvalue weighted by molar-refractivity contribution is -0.165. The zero-order valence-corrected chi connectivity index (χ0v) is 18.5. The molecule has 0 saturated carbocycles. The summed E-state index contributed by atoms with van der Waals surface area (Å²) in [6.07, 6.45) is -1.05. The van der Waals surface area contributed by atoms with Crippen LogP contribution in [0.25, 0.3) is 0 Å². The molecule has 1 aromatic rings. The van der Waals surface area contributed by atoms with Gasteiger partial charge in [-0.15, -0.1) is 0 Å². The van der Waals surface area contributed by atoms with Gasteiger partial charge in [-0.2, -0.15) is 0 Å². The van der Waals surface area contributed by atoms with Gasteiger partial charge in [-0.25, -0.2) is 4.79 Å². The Morgan fingerprint density at radius 1 is 1.04 bits per heavy atom. The van der Waals surface area contributed by atoms with Crippen LogP contribution in [0.4, 0.5) is 0 Å². The maximum atomic E-state index is 13.0.